The predicted octanol–water partition coefficient (Wildman–Crippen LogP) is 8.44. The molecule has 21 nitrogen and oxygen atoms in total. The number of aromatic amines is 1. The summed E-state index contributed by atoms with van der Waals surface area (Å²) in [5, 5.41) is 16.7. The summed E-state index contributed by atoms with van der Waals surface area (Å²) >= 11 is 0. The predicted molar refractivity (Wildman–Crippen MR) is 311 cm³/mol. The Morgan fingerprint density at radius 1 is 0.880 bits per heavy atom. The number of fused-ring (bicyclic) bond motifs is 5. The number of amides is 1. The van der Waals surface area contributed by atoms with Crippen LogP contribution < -0.4 is 38.9 Å². The van der Waals surface area contributed by atoms with Crippen LogP contribution in [-0.4, -0.2) is 142 Å². The molecule has 8 aliphatic rings. The maximum Gasteiger partial charge on any atom is 0.297 e. The van der Waals surface area contributed by atoms with E-state index in [0.717, 1.165) is 112 Å². The Bertz CT molecular complexity index is 3580. The zero-order valence-electron chi connectivity index (χ0n) is 46.8. The SMILES string of the molecule is CC(C)Oc1ccccc1[C@@H]1CN(c2ccc3c(n2)CCOC3)CCN1C1CC2(CCN(c3ccc(C(=O)NS(=O)(=O)c4cc5c(c([N+](=O)[O-])c4)N[C@H](C4CCOCC4)CO5)c(N4c5cc6cc[nH]c6nc5O[C@H]5COCC[C@@H]54)c3)CC2)C1. The first-order valence-corrected chi connectivity index (χ1v) is 30.9. The van der Waals surface area contributed by atoms with E-state index in [2.05, 4.69) is 84.9 Å². The first kappa shape index (κ1) is 53.7. The van der Waals surface area contributed by atoms with Gasteiger partial charge >= 0.3 is 0 Å². The Morgan fingerprint density at radius 3 is 2.54 bits per heavy atom. The van der Waals surface area contributed by atoms with E-state index in [-0.39, 0.29) is 65.8 Å². The van der Waals surface area contributed by atoms with Crippen LogP contribution in [0.1, 0.15) is 92.0 Å². The number of nitro groups is 1. The molecule has 436 valence electrons. The first-order valence-electron chi connectivity index (χ1n) is 29.4. The van der Waals surface area contributed by atoms with Crippen molar-refractivity contribution in [1.82, 2.24) is 24.6 Å². The summed E-state index contributed by atoms with van der Waals surface area (Å²) in [7, 11) is -4.72. The number of nitrogens with one attached hydrogen (secondary N) is 3. The number of piperazine rings is 1. The summed E-state index contributed by atoms with van der Waals surface area (Å²) in [4.78, 5) is 49.4. The van der Waals surface area contributed by atoms with Gasteiger partial charge in [0, 0.05) is 100.0 Å². The molecule has 5 fully saturated rings. The van der Waals surface area contributed by atoms with Crippen molar-refractivity contribution in [3.63, 3.8) is 0 Å². The number of ether oxygens (including phenoxy) is 6. The molecule has 83 heavy (non-hydrogen) atoms. The highest BCUT2D eigenvalue weighted by Gasteiger charge is 2.51. The van der Waals surface area contributed by atoms with Gasteiger partial charge in [0.25, 0.3) is 21.6 Å². The molecule has 0 radical (unpaired) electrons. The summed E-state index contributed by atoms with van der Waals surface area (Å²) in [5.41, 5.74) is 6.06. The van der Waals surface area contributed by atoms with Gasteiger partial charge in [0.15, 0.2) is 11.4 Å². The zero-order valence-corrected chi connectivity index (χ0v) is 47.6. The lowest BCUT2D eigenvalue weighted by Gasteiger charge is -2.58. The molecule has 10 heterocycles. The normalized spacial score (nSPS) is 23.7. The lowest BCUT2D eigenvalue weighted by atomic mass is 9.59. The lowest BCUT2D eigenvalue weighted by molar-refractivity contribution is -0.384. The van der Waals surface area contributed by atoms with E-state index in [4.69, 9.17) is 38.4 Å². The molecule has 1 amide bonds. The highest BCUT2D eigenvalue weighted by molar-refractivity contribution is 7.90. The Morgan fingerprint density at radius 2 is 1.71 bits per heavy atom. The number of H-pyrrole nitrogens is 1. The number of hydrogen-bond acceptors (Lipinski definition) is 18. The van der Waals surface area contributed by atoms with Gasteiger partial charge in [-0.15, -0.1) is 0 Å². The number of pyridine rings is 2. The van der Waals surface area contributed by atoms with Gasteiger partial charge in [-0.25, -0.2) is 18.1 Å². The van der Waals surface area contributed by atoms with Crippen LogP contribution in [0, 0.1) is 21.4 Å². The highest BCUT2D eigenvalue weighted by Crippen LogP contribution is 2.54. The van der Waals surface area contributed by atoms with Gasteiger partial charge in [0.2, 0.25) is 5.88 Å². The second-order valence-electron chi connectivity index (χ2n) is 23.9. The van der Waals surface area contributed by atoms with E-state index in [0.29, 0.717) is 68.4 Å². The summed E-state index contributed by atoms with van der Waals surface area (Å²) in [6.45, 7) is 11.7. The maximum absolute atomic E-state index is 15.0. The second-order valence-corrected chi connectivity index (χ2v) is 25.6. The van der Waals surface area contributed by atoms with Crippen LogP contribution in [0.3, 0.4) is 0 Å². The van der Waals surface area contributed by atoms with Crippen molar-refractivity contribution >= 4 is 61.2 Å². The molecule has 1 saturated carbocycles. The zero-order chi connectivity index (χ0) is 56.6. The minimum Gasteiger partial charge on any atom is -0.491 e. The van der Waals surface area contributed by atoms with Crippen LogP contribution >= 0.6 is 0 Å². The quantitative estimate of drug-likeness (QED) is 0.0771. The van der Waals surface area contributed by atoms with Gasteiger partial charge < -0.3 is 53.4 Å². The molecule has 22 heteroatoms. The van der Waals surface area contributed by atoms with Crippen LogP contribution in [0.15, 0.2) is 90.0 Å². The highest BCUT2D eigenvalue weighted by atomic mass is 32.2. The Hall–Kier alpha value is -7.24. The number of hydrogen-bond donors (Lipinski definition) is 3. The van der Waals surface area contributed by atoms with Crippen molar-refractivity contribution in [3.05, 3.63) is 118 Å². The molecular formula is C61H70N10O11S. The number of rotatable bonds is 12. The molecular weight excluding hydrogens is 1080 g/mol. The lowest BCUT2D eigenvalue weighted by Crippen LogP contribution is -2.60. The van der Waals surface area contributed by atoms with Crippen molar-refractivity contribution in [2.45, 2.75) is 113 Å². The molecule has 7 aliphatic heterocycles. The number of sulfonamides is 1. The fraction of sp³-hybridized carbons (Fsp3) is 0.492. The van der Waals surface area contributed by atoms with Gasteiger partial charge in [0.05, 0.1) is 70.8 Å². The van der Waals surface area contributed by atoms with Crippen molar-refractivity contribution in [2.24, 2.45) is 11.3 Å². The van der Waals surface area contributed by atoms with Crippen LogP contribution in [0.4, 0.5) is 34.3 Å². The van der Waals surface area contributed by atoms with Crippen LogP contribution in [-0.2, 0) is 37.3 Å². The van der Waals surface area contributed by atoms with E-state index < -0.39 is 37.5 Å². The number of nitrogens with zero attached hydrogens (tertiary/aromatic N) is 7. The average molecular weight is 1150 g/mol. The molecule has 3 aromatic carbocycles. The van der Waals surface area contributed by atoms with Crippen molar-refractivity contribution in [1.29, 1.82) is 0 Å². The van der Waals surface area contributed by atoms with Crippen molar-refractivity contribution in [3.8, 4) is 17.4 Å². The third-order valence-corrected chi connectivity index (χ3v) is 19.9. The molecule has 4 atom stereocenters. The Balaban J connectivity index is 0.739. The fourth-order valence-corrected chi connectivity index (χ4v) is 15.3. The fourth-order valence-electron chi connectivity index (χ4n) is 14.3. The molecule has 0 bridgehead atoms. The summed E-state index contributed by atoms with van der Waals surface area (Å²) < 4.78 is 67.6. The number of piperidine rings is 1. The third kappa shape index (κ3) is 10.2. The molecule has 3 aromatic heterocycles. The number of aromatic nitrogens is 3. The monoisotopic (exact) mass is 1150 g/mol. The molecule has 1 spiro atoms. The van der Waals surface area contributed by atoms with Gasteiger partial charge in [-0.05, 0) is 118 Å². The number of para-hydroxylation sites is 1. The molecule has 14 rings (SSSR count). The maximum atomic E-state index is 15.0. The minimum absolute atomic E-state index is 0.0241. The largest absolute Gasteiger partial charge is 0.491 e. The summed E-state index contributed by atoms with van der Waals surface area (Å²) in [6.07, 6.45) is 8.45. The van der Waals surface area contributed by atoms with Crippen molar-refractivity contribution < 1.29 is 46.6 Å². The van der Waals surface area contributed by atoms with E-state index in [1.165, 1.54) is 17.2 Å². The van der Waals surface area contributed by atoms with E-state index in [9.17, 15) is 23.3 Å². The smallest absolute Gasteiger partial charge is 0.297 e. The molecule has 1 aliphatic carbocycles. The van der Waals surface area contributed by atoms with E-state index >= 15 is 0 Å². The van der Waals surface area contributed by atoms with E-state index in [1.54, 1.807) is 6.07 Å². The summed E-state index contributed by atoms with van der Waals surface area (Å²) in [5.74, 6) is 1.59. The van der Waals surface area contributed by atoms with Gasteiger partial charge in [0.1, 0.15) is 35.6 Å². The molecule has 0 unspecified atom stereocenters. The number of carbonyl (C=O) groups excluding carboxylic acids is 1. The number of anilines is 5. The minimum atomic E-state index is -4.72. The molecule has 4 saturated heterocycles. The topological polar surface area (TPSA) is 228 Å². The summed E-state index contributed by atoms with van der Waals surface area (Å²) in [6, 6.07) is 24.6. The van der Waals surface area contributed by atoms with Gasteiger partial charge in [-0.3, -0.25) is 19.8 Å². The van der Waals surface area contributed by atoms with Crippen LogP contribution in [0.2, 0.25) is 0 Å². The Kier molecular flexibility index (Phi) is 14.1. The number of benzene rings is 3. The van der Waals surface area contributed by atoms with E-state index in [1.807, 2.05) is 30.5 Å². The standard InChI is InChI=1S/C61H70N10O11S/c1-37(2)81-53-6-4-3-5-44(53)52-33-68(56-10-7-40-34-78-25-14-46(40)63-56)21-22-69(52)42-31-61(32-42)16-19-67(20-17-61)41-8-9-45(49(28-41)70-48-15-26-79-36-55(48)82-60-51(70)27-39-11-18-62-58(39)65-60)59(72)66-83(75,76)43-29-50(71(73)74)57-54(30-43)80-35-47(64-57)38-12-23-77-24-13-38/h3-11,18,27-30,37-38,42,47-48,52,55,64H,12-17,19-26,31-36H2,1-2H3,(H,62,65)(H,66,72)/t47-,48-,52-,55-/m0/s1. The molecule has 3 N–H and O–H groups in total. The average Bonchev–Trinajstić information content (AvgIpc) is 3.80. The van der Waals surface area contributed by atoms with Gasteiger partial charge in [-0.1, -0.05) is 24.3 Å². The Labute approximate surface area is 482 Å². The third-order valence-electron chi connectivity index (χ3n) is 18.6. The second kappa shape index (κ2) is 21.7. The van der Waals surface area contributed by atoms with Crippen LogP contribution in [0.25, 0.3) is 11.0 Å². The van der Waals surface area contributed by atoms with Crippen molar-refractivity contribution in [2.75, 3.05) is 92.4 Å². The first-order chi connectivity index (χ1) is 40.3. The van der Waals surface area contributed by atoms with Gasteiger partial charge in [-0.2, -0.15) is 4.98 Å². The number of nitro benzene ring substituents is 1. The molecule has 6 aromatic rings. The number of carbonyl (C=O) groups is 1. The van der Waals surface area contributed by atoms with Crippen LogP contribution in [0.5, 0.6) is 17.4 Å².